The van der Waals surface area contributed by atoms with Crippen molar-refractivity contribution in [3.8, 4) is 0 Å². The number of rotatable bonds is 3. The molecule has 2 aliphatic rings. The molecule has 96 valence electrons. The minimum atomic E-state index is 0.130. The van der Waals surface area contributed by atoms with Crippen LogP contribution >= 0.6 is 0 Å². The number of nitrogens with one attached hydrogen (secondary N) is 1. The standard InChI is InChI=1S/C15H20N2O/c1-10-3-2-4-14(16-10)17-15(18)9-13-8-11-5-6-12(13)7-11/h2-4,11-13H,5-9H2,1H3,(H,16,17,18)/t11-,12-,13+/m0/s1. The van der Waals surface area contributed by atoms with E-state index in [0.29, 0.717) is 18.2 Å². The maximum Gasteiger partial charge on any atom is 0.225 e. The highest BCUT2D eigenvalue weighted by atomic mass is 16.1. The van der Waals surface area contributed by atoms with Crippen LogP contribution in [0.5, 0.6) is 0 Å². The van der Waals surface area contributed by atoms with Crippen LogP contribution in [0.4, 0.5) is 5.82 Å². The van der Waals surface area contributed by atoms with E-state index in [-0.39, 0.29) is 5.91 Å². The number of hydrogen-bond acceptors (Lipinski definition) is 2. The van der Waals surface area contributed by atoms with Crippen molar-refractivity contribution in [2.24, 2.45) is 17.8 Å². The molecule has 1 N–H and O–H groups in total. The van der Waals surface area contributed by atoms with E-state index in [0.717, 1.165) is 17.5 Å². The Morgan fingerprint density at radius 3 is 2.94 bits per heavy atom. The molecular formula is C15H20N2O. The first-order chi connectivity index (χ1) is 8.70. The highest BCUT2D eigenvalue weighted by molar-refractivity contribution is 5.89. The molecule has 0 radical (unpaired) electrons. The summed E-state index contributed by atoms with van der Waals surface area (Å²) in [7, 11) is 0. The van der Waals surface area contributed by atoms with Crippen molar-refractivity contribution >= 4 is 11.7 Å². The first-order valence-electron chi connectivity index (χ1n) is 6.94. The van der Waals surface area contributed by atoms with Crippen LogP contribution in [-0.4, -0.2) is 10.9 Å². The van der Waals surface area contributed by atoms with Crippen LogP contribution in [0.2, 0.25) is 0 Å². The second-order valence-corrected chi connectivity index (χ2v) is 5.85. The quantitative estimate of drug-likeness (QED) is 0.887. The minimum Gasteiger partial charge on any atom is -0.311 e. The van der Waals surface area contributed by atoms with Gasteiger partial charge in [-0.1, -0.05) is 12.5 Å². The van der Waals surface area contributed by atoms with Gasteiger partial charge in [-0.25, -0.2) is 4.98 Å². The van der Waals surface area contributed by atoms with Gasteiger partial charge in [0.15, 0.2) is 0 Å². The number of carbonyl (C=O) groups excluding carboxylic acids is 1. The summed E-state index contributed by atoms with van der Waals surface area (Å²) < 4.78 is 0. The molecule has 1 aromatic rings. The molecule has 2 bridgehead atoms. The molecule has 18 heavy (non-hydrogen) atoms. The van der Waals surface area contributed by atoms with Gasteiger partial charge in [-0.3, -0.25) is 4.79 Å². The summed E-state index contributed by atoms with van der Waals surface area (Å²) in [6, 6.07) is 5.72. The number of carbonyl (C=O) groups is 1. The number of anilines is 1. The number of aromatic nitrogens is 1. The van der Waals surface area contributed by atoms with E-state index in [1.165, 1.54) is 25.7 Å². The predicted molar refractivity (Wildman–Crippen MR) is 71.2 cm³/mol. The van der Waals surface area contributed by atoms with Crippen molar-refractivity contribution in [2.75, 3.05) is 5.32 Å². The molecule has 0 unspecified atom stereocenters. The lowest BCUT2D eigenvalue weighted by Crippen LogP contribution is -2.20. The summed E-state index contributed by atoms with van der Waals surface area (Å²) in [5, 5.41) is 2.92. The van der Waals surface area contributed by atoms with Crippen molar-refractivity contribution in [2.45, 2.75) is 39.0 Å². The smallest absolute Gasteiger partial charge is 0.225 e. The van der Waals surface area contributed by atoms with Crippen molar-refractivity contribution in [3.63, 3.8) is 0 Å². The van der Waals surface area contributed by atoms with Gasteiger partial charge in [0, 0.05) is 12.1 Å². The van der Waals surface area contributed by atoms with E-state index in [4.69, 9.17) is 0 Å². The monoisotopic (exact) mass is 244 g/mol. The second kappa shape index (κ2) is 4.71. The zero-order chi connectivity index (χ0) is 12.5. The van der Waals surface area contributed by atoms with Gasteiger partial charge in [0.1, 0.15) is 5.82 Å². The summed E-state index contributed by atoms with van der Waals surface area (Å²) in [5.74, 6) is 3.15. The molecule has 3 heteroatoms. The zero-order valence-electron chi connectivity index (χ0n) is 10.9. The largest absolute Gasteiger partial charge is 0.311 e. The Labute approximate surface area is 108 Å². The van der Waals surface area contributed by atoms with Crippen molar-refractivity contribution in [1.29, 1.82) is 0 Å². The predicted octanol–water partition coefficient (Wildman–Crippen LogP) is 3.15. The molecule has 1 aromatic heterocycles. The molecule has 2 aliphatic carbocycles. The number of fused-ring (bicyclic) bond motifs is 2. The van der Waals surface area contributed by atoms with E-state index in [1.807, 2.05) is 25.1 Å². The number of pyridine rings is 1. The maximum atomic E-state index is 12.0. The Hall–Kier alpha value is -1.38. The van der Waals surface area contributed by atoms with Gasteiger partial charge in [0.25, 0.3) is 0 Å². The lowest BCUT2D eigenvalue weighted by atomic mass is 9.86. The van der Waals surface area contributed by atoms with E-state index in [1.54, 1.807) is 0 Å². The third-order valence-corrected chi connectivity index (χ3v) is 4.49. The van der Waals surface area contributed by atoms with E-state index in [2.05, 4.69) is 10.3 Å². The fourth-order valence-electron chi connectivity index (χ4n) is 3.67. The molecule has 3 rings (SSSR count). The van der Waals surface area contributed by atoms with E-state index < -0.39 is 0 Å². The summed E-state index contributed by atoms with van der Waals surface area (Å²) in [6.07, 6.45) is 6.03. The lowest BCUT2D eigenvalue weighted by Gasteiger charge is -2.20. The molecule has 3 atom stereocenters. The average Bonchev–Trinajstić information content (AvgIpc) is 2.90. The average molecular weight is 244 g/mol. The van der Waals surface area contributed by atoms with Crippen LogP contribution < -0.4 is 5.32 Å². The fourth-order valence-corrected chi connectivity index (χ4v) is 3.67. The lowest BCUT2D eigenvalue weighted by molar-refractivity contribution is -0.117. The molecular weight excluding hydrogens is 224 g/mol. The molecule has 0 aliphatic heterocycles. The van der Waals surface area contributed by atoms with Crippen LogP contribution in [0.1, 0.15) is 37.8 Å². The second-order valence-electron chi connectivity index (χ2n) is 5.85. The molecule has 2 fully saturated rings. The SMILES string of the molecule is Cc1cccc(NC(=O)C[C@H]2C[C@H]3CC[C@H]2C3)n1. The van der Waals surface area contributed by atoms with Gasteiger partial charge < -0.3 is 5.32 Å². The van der Waals surface area contributed by atoms with E-state index >= 15 is 0 Å². The Morgan fingerprint density at radius 2 is 2.28 bits per heavy atom. The third-order valence-electron chi connectivity index (χ3n) is 4.49. The first-order valence-corrected chi connectivity index (χ1v) is 6.94. The molecule has 0 saturated heterocycles. The summed E-state index contributed by atoms with van der Waals surface area (Å²) in [4.78, 5) is 16.3. The van der Waals surface area contributed by atoms with Crippen LogP contribution in [-0.2, 0) is 4.79 Å². The third kappa shape index (κ3) is 2.40. The van der Waals surface area contributed by atoms with Gasteiger partial charge in [0.05, 0.1) is 0 Å². The van der Waals surface area contributed by atoms with Crippen molar-refractivity contribution in [1.82, 2.24) is 4.98 Å². The van der Waals surface area contributed by atoms with Crippen LogP contribution in [0, 0.1) is 24.7 Å². The summed E-state index contributed by atoms with van der Waals surface area (Å²) in [5.41, 5.74) is 0.938. The van der Waals surface area contributed by atoms with Crippen LogP contribution in [0.3, 0.4) is 0 Å². The minimum absolute atomic E-state index is 0.130. The molecule has 3 nitrogen and oxygen atoms in total. The van der Waals surface area contributed by atoms with Gasteiger partial charge >= 0.3 is 0 Å². The van der Waals surface area contributed by atoms with Gasteiger partial charge in [-0.15, -0.1) is 0 Å². The Bertz CT molecular complexity index is 458. The van der Waals surface area contributed by atoms with Crippen molar-refractivity contribution < 1.29 is 4.79 Å². The highest BCUT2D eigenvalue weighted by Crippen LogP contribution is 2.49. The zero-order valence-corrected chi connectivity index (χ0v) is 10.9. The van der Waals surface area contributed by atoms with Crippen molar-refractivity contribution in [3.05, 3.63) is 23.9 Å². The van der Waals surface area contributed by atoms with Gasteiger partial charge in [0.2, 0.25) is 5.91 Å². The number of hydrogen-bond donors (Lipinski definition) is 1. The maximum absolute atomic E-state index is 12.0. The molecule has 1 heterocycles. The first kappa shape index (κ1) is 11.7. The topological polar surface area (TPSA) is 42.0 Å². The molecule has 0 aromatic carbocycles. The number of nitrogens with zero attached hydrogens (tertiary/aromatic N) is 1. The summed E-state index contributed by atoms with van der Waals surface area (Å²) in [6.45, 7) is 1.94. The Morgan fingerprint density at radius 1 is 1.39 bits per heavy atom. The normalized spacial score (nSPS) is 29.5. The molecule has 2 saturated carbocycles. The van der Waals surface area contributed by atoms with Gasteiger partial charge in [-0.2, -0.15) is 0 Å². The Kier molecular flexibility index (Phi) is 3.06. The highest BCUT2D eigenvalue weighted by Gasteiger charge is 2.40. The van der Waals surface area contributed by atoms with Gasteiger partial charge in [-0.05, 0) is 56.1 Å². The molecule has 1 amide bonds. The Balaban J connectivity index is 1.56. The van der Waals surface area contributed by atoms with E-state index in [9.17, 15) is 4.79 Å². The molecule has 0 spiro atoms. The summed E-state index contributed by atoms with van der Waals surface area (Å²) >= 11 is 0. The number of aryl methyl sites for hydroxylation is 1. The number of amides is 1. The van der Waals surface area contributed by atoms with Crippen LogP contribution in [0.25, 0.3) is 0 Å². The van der Waals surface area contributed by atoms with Crippen LogP contribution in [0.15, 0.2) is 18.2 Å². The fraction of sp³-hybridized carbons (Fsp3) is 0.600.